The highest BCUT2D eigenvalue weighted by Gasteiger charge is 2.05. The quantitative estimate of drug-likeness (QED) is 0.801. The zero-order valence-corrected chi connectivity index (χ0v) is 9.72. The molecule has 1 aromatic heterocycles. The molecule has 17 heavy (non-hydrogen) atoms. The third kappa shape index (κ3) is 3.21. The summed E-state index contributed by atoms with van der Waals surface area (Å²) in [4.78, 5) is 4.20. The van der Waals surface area contributed by atoms with Crippen molar-refractivity contribution in [3.63, 3.8) is 0 Å². The highest BCUT2D eigenvalue weighted by molar-refractivity contribution is 5.43. The average Bonchev–Trinajstić information content (AvgIpc) is 2.75. The van der Waals surface area contributed by atoms with Crippen LogP contribution in [-0.2, 0) is 13.0 Å². The number of aromatic nitrogens is 2. The Hall–Kier alpha value is -2.04. The molecular formula is C12H15N3O2. The van der Waals surface area contributed by atoms with Crippen LogP contribution in [0.4, 0.5) is 5.69 Å². The van der Waals surface area contributed by atoms with E-state index in [9.17, 15) is 0 Å². The number of benzene rings is 1. The van der Waals surface area contributed by atoms with Gasteiger partial charge in [0.25, 0.3) is 0 Å². The minimum atomic E-state index is 0.288. The zero-order chi connectivity index (χ0) is 12.1. The summed E-state index contributed by atoms with van der Waals surface area (Å²) in [5.41, 5.74) is 6.31. The lowest BCUT2D eigenvalue weighted by Gasteiger charge is -2.03. The van der Waals surface area contributed by atoms with E-state index in [4.69, 9.17) is 15.0 Å². The first-order valence-corrected chi connectivity index (χ1v) is 5.57. The number of rotatable bonds is 5. The van der Waals surface area contributed by atoms with Crippen LogP contribution >= 0.6 is 0 Å². The molecular weight excluding hydrogens is 218 g/mol. The number of nitrogens with two attached hydrogens (primary N) is 1. The summed E-state index contributed by atoms with van der Waals surface area (Å²) in [5.74, 6) is 1.90. The normalized spacial score (nSPS) is 10.4. The molecule has 0 atom stereocenters. The van der Waals surface area contributed by atoms with Gasteiger partial charge < -0.3 is 15.0 Å². The number of hydrogen-bond acceptors (Lipinski definition) is 5. The summed E-state index contributed by atoms with van der Waals surface area (Å²) in [7, 11) is 0. The Morgan fingerprint density at radius 3 is 3.06 bits per heavy atom. The van der Waals surface area contributed by atoms with Crippen molar-refractivity contribution in [1.29, 1.82) is 0 Å². The van der Waals surface area contributed by atoms with E-state index in [-0.39, 0.29) is 6.61 Å². The lowest BCUT2D eigenvalue weighted by Crippen LogP contribution is -1.98. The fourth-order valence-electron chi connectivity index (χ4n) is 1.42. The van der Waals surface area contributed by atoms with Crippen molar-refractivity contribution in [2.45, 2.75) is 26.4 Å². The maximum atomic E-state index is 5.64. The van der Waals surface area contributed by atoms with Crippen LogP contribution < -0.4 is 10.5 Å². The molecule has 90 valence electrons. The van der Waals surface area contributed by atoms with E-state index in [1.807, 2.05) is 12.1 Å². The predicted octanol–water partition coefficient (Wildman–Crippen LogP) is 2.18. The molecule has 1 aromatic carbocycles. The largest absolute Gasteiger partial charge is 0.485 e. The summed E-state index contributed by atoms with van der Waals surface area (Å²) in [6.07, 6.45) is 1.78. The van der Waals surface area contributed by atoms with Crippen LogP contribution in [0, 0.1) is 0 Å². The van der Waals surface area contributed by atoms with Crippen molar-refractivity contribution in [3.8, 4) is 5.75 Å². The maximum Gasteiger partial charge on any atom is 0.226 e. The van der Waals surface area contributed by atoms with E-state index in [0.717, 1.165) is 12.8 Å². The predicted molar refractivity (Wildman–Crippen MR) is 63.5 cm³/mol. The molecule has 0 saturated carbocycles. The van der Waals surface area contributed by atoms with Crippen molar-refractivity contribution in [2.24, 2.45) is 0 Å². The molecule has 1 heterocycles. The maximum absolute atomic E-state index is 5.64. The van der Waals surface area contributed by atoms with E-state index in [2.05, 4.69) is 17.1 Å². The van der Waals surface area contributed by atoms with Gasteiger partial charge in [-0.25, -0.2) is 0 Å². The second kappa shape index (κ2) is 5.34. The third-order valence-electron chi connectivity index (χ3n) is 2.20. The van der Waals surface area contributed by atoms with Crippen molar-refractivity contribution < 1.29 is 9.26 Å². The Morgan fingerprint density at radius 2 is 2.29 bits per heavy atom. The molecule has 5 heteroatoms. The minimum absolute atomic E-state index is 0.288. The Bertz CT molecular complexity index is 482. The van der Waals surface area contributed by atoms with Crippen molar-refractivity contribution in [1.82, 2.24) is 10.1 Å². The van der Waals surface area contributed by atoms with Gasteiger partial charge in [0.05, 0.1) is 0 Å². The number of nitrogens with zero attached hydrogens (tertiary/aromatic N) is 2. The molecule has 5 nitrogen and oxygen atoms in total. The summed E-state index contributed by atoms with van der Waals surface area (Å²) < 4.78 is 10.6. The molecule has 0 saturated heterocycles. The Balaban J connectivity index is 1.93. The third-order valence-corrected chi connectivity index (χ3v) is 2.20. The number of nitrogen functional groups attached to an aromatic ring is 1. The Labute approximate surface area is 99.6 Å². The van der Waals surface area contributed by atoms with Crippen LogP contribution in [0.5, 0.6) is 5.75 Å². The van der Waals surface area contributed by atoms with Crippen LogP contribution in [0.3, 0.4) is 0 Å². The molecule has 0 aliphatic heterocycles. The molecule has 2 aromatic rings. The van der Waals surface area contributed by atoms with Gasteiger partial charge in [-0.2, -0.15) is 4.98 Å². The molecule has 0 radical (unpaired) electrons. The van der Waals surface area contributed by atoms with E-state index in [1.165, 1.54) is 0 Å². The smallest absolute Gasteiger partial charge is 0.226 e. The summed E-state index contributed by atoms with van der Waals surface area (Å²) in [6.45, 7) is 2.35. The first-order chi connectivity index (χ1) is 8.28. The number of hydrogen-bond donors (Lipinski definition) is 1. The van der Waals surface area contributed by atoms with Gasteiger partial charge in [-0.3, -0.25) is 0 Å². The van der Waals surface area contributed by atoms with Crippen LogP contribution in [0.1, 0.15) is 25.1 Å². The molecule has 0 fully saturated rings. The molecule has 0 spiro atoms. The van der Waals surface area contributed by atoms with E-state index < -0.39 is 0 Å². The van der Waals surface area contributed by atoms with Gasteiger partial charge in [-0.15, -0.1) is 0 Å². The van der Waals surface area contributed by atoms with Gasteiger partial charge >= 0.3 is 0 Å². The topological polar surface area (TPSA) is 74.2 Å². The molecule has 2 rings (SSSR count). The summed E-state index contributed by atoms with van der Waals surface area (Å²) in [5, 5.41) is 3.83. The number of aryl methyl sites for hydroxylation is 1. The van der Waals surface area contributed by atoms with Crippen LogP contribution in [0.15, 0.2) is 28.8 Å². The molecule has 0 aliphatic carbocycles. The highest BCUT2D eigenvalue weighted by atomic mass is 16.5. The second-order valence-electron chi connectivity index (χ2n) is 3.72. The lowest BCUT2D eigenvalue weighted by atomic mass is 10.3. The number of ether oxygens (including phenoxy) is 1. The Morgan fingerprint density at radius 1 is 1.41 bits per heavy atom. The van der Waals surface area contributed by atoms with Gasteiger partial charge in [0, 0.05) is 18.2 Å². The standard InChI is InChI=1S/C12H15N3O2/c1-2-4-12-14-11(15-17-12)8-16-10-6-3-5-9(13)7-10/h3,5-7H,2,4,8,13H2,1H3. The van der Waals surface area contributed by atoms with Gasteiger partial charge in [-0.05, 0) is 18.6 Å². The van der Waals surface area contributed by atoms with Crippen molar-refractivity contribution in [3.05, 3.63) is 36.0 Å². The molecule has 0 amide bonds. The summed E-state index contributed by atoms with van der Waals surface area (Å²) >= 11 is 0. The van der Waals surface area contributed by atoms with Gasteiger partial charge in [0.1, 0.15) is 5.75 Å². The summed E-state index contributed by atoms with van der Waals surface area (Å²) in [6, 6.07) is 7.24. The van der Waals surface area contributed by atoms with Crippen LogP contribution in [-0.4, -0.2) is 10.1 Å². The Kier molecular flexibility index (Phi) is 3.59. The molecule has 2 N–H and O–H groups in total. The minimum Gasteiger partial charge on any atom is -0.485 e. The average molecular weight is 233 g/mol. The molecule has 0 bridgehead atoms. The number of anilines is 1. The zero-order valence-electron chi connectivity index (χ0n) is 9.72. The van der Waals surface area contributed by atoms with Crippen molar-refractivity contribution >= 4 is 5.69 Å². The van der Waals surface area contributed by atoms with Gasteiger partial charge in [0.15, 0.2) is 6.61 Å². The lowest BCUT2D eigenvalue weighted by molar-refractivity contribution is 0.285. The van der Waals surface area contributed by atoms with E-state index >= 15 is 0 Å². The monoisotopic (exact) mass is 233 g/mol. The van der Waals surface area contributed by atoms with E-state index in [0.29, 0.717) is 23.2 Å². The fourth-order valence-corrected chi connectivity index (χ4v) is 1.42. The first kappa shape index (κ1) is 11.4. The van der Waals surface area contributed by atoms with Gasteiger partial charge in [0.2, 0.25) is 11.7 Å². The molecule has 0 aliphatic rings. The molecule has 0 unspecified atom stereocenters. The second-order valence-corrected chi connectivity index (χ2v) is 3.72. The van der Waals surface area contributed by atoms with Crippen LogP contribution in [0.25, 0.3) is 0 Å². The van der Waals surface area contributed by atoms with Crippen molar-refractivity contribution in [2.75, 3.05) is 5.73 Å². The fraction of sp³-hybridized carbons (Fsp3) is 0.333. The van der Waals surface area contributed by atoms with Gasteiger partial charge in [-0.1, -0.05) is 18.1 Å². The van der Waals surface area contributed by atoms with Crippen LogP contribution in [0.2, 0.25) is 0 Å². The van der Waals surface area contributed by atoms with E-state index in [1.54, 1.807) is 12.1 Å². The first-order valence-electron chi connectivity index (χ1n) is 5.57. The SMILES string of the molecule is CCCc1nc(COc2cccc(N)c2)no1. The highest BCUT2D eigenvalue weighted by Crippen LogP contribution is 2.15.